The van der Waals surface area contributed by atoms with Gasteiger partial charge in [-0.25, -0.2) is 0 Å². The number of amides is 2. The number of carbonyl (C=O) groups is 3. The van der Waals surface area contributed by atoms with Gasteiger partial charge < -0.3 is 15.4 Å². The maximum absolute atomic E-state index is 12.3. The van der Waals surface area contributed by atoms with E-state index < -0.39 is 18.0 Å². The maximum atomic E-state index is 12.3. The minimum atomic E-state index is -0.907. The Bertz CT molecular complexity index is 906. The Kier molecular flexibility index (Phi) is 6.65. The number of hydrogen-bond donors (Lipinski definition) is 2. The van der Waals surface area contributed by atoms with Gasteiger partial charge in [0.1, 0.15) is 0 Å². The summed E-state index contributed by atoms with van der Waals surface area (Å²) >= 11 is 0. The molecule has 0 heterocycles. The van der Waals surface area contributed by atoms with Crippen molar-refractivity contribution >= 4 is 29.2 Å². The van der Waals surface area contributed by atoms with E-state index in [2.05, 4.69) is 22.8 Å². The van der Waals surface area contributed by atoms with E-state index >= 15 is 0 Å². The van der Waals surface area contributed by atoms with Gasteiger partial charge in [-0.2, -0.15) is 0 Å². The van der Waals surface area contributed by atoms with E-state index in [-0.39, 0.29) is 12.3 Å². The van der Waals surface area contributed by atoms with Gasteiger partial charge in [0, 0.05) is 18.3 Å². The molecule has 0 aliphatic heterocycles. The summed E-state index contributed by atoms with van der Waals surface area (Å²) in [6.45, 7) is 2.97. The van der Waals surface area contributed by atoms with Crippen LogP contribution >= 0.6 is 0 Å². The normalized spacial score (nSPS) is 13.7. The lowest BCUT2D eigenvalue weighted by Crippen LogP contribution is -2.30. The van der Waals surface area contributed by atoms with Crippen LogP contribution in [0.4, 0.5) is 11.4 Å². The molecule has 2 amide bonds. The van der Waals surface area contributed by atoms with E-state index in [0.717, 1.165) is 18.4 Å². The highest BCUT2D eigenvalue weighted by atomic mass is 16.5. The maximum Gasteiger partial charge on any atom is 0.311 e. The number of aryl methyl sites for hydroxylation is 2. The van der Waals surface area contributed by atoms with Gasteiger partial charge in [-0.3, -0.25) is 14.4 Å². The average molecular weight is 394 g/mol. The first kappa shape index (κ1) is 20.6. The molecule has 6 heteroatoms. The number of esters is 1. The largest absolute Gasteiger partial charge is 0.452 e. The molecule has 2 N–H and O–H groups in total. The predicted molar refractivity (Wildman–Crippen MR) is 112 cm³/mol. The molecule has 0 fully saturated rings. The zero-order valence-electron chi connectivity index (χ0n) is 16.8. The number of ether oxygens (including phenoxy) is 1. The quantitative estimate of drug-likeness (QED) is 0.733. The lowest BCUT2D eigenvalue weighted by molar-refractivity contribution is -0.152. The van der Waals surface area contributed by atoms with Gasteiger partial charge in [0.2, 0.25) is 5.91 Å². The number of benzene rings is 2. The number of hydrogen-bond acceptors (Lipinski definition) is 4. The molecule has 0 saturated carbocycles. The number of carbonyl (C=O) groups excluding carboxylic acids is 3. The monoisotopic (exact) mass is 394 g/mol. The second kappa shape index (κ2) is 9.37. The fourth-order valence-corrected chi connectivity index (χ4v) is 3.44. The molecule has 0 aromatic heterocycles. The molecule has 2 aromatic carbocycles. The van der Waals surface area contributed by atoms with E-state index in [9.17, 15) is 14.4 Å². The van der Waals surface area contributed by atoms with Crippen LogP contribution in [0.15, 0.2) is 42.5 Å². The van der Waals surface area contributed by atoms with Crippen LogP contribution in [-0.2, 0) is 38.4 Å². The first-order valence-electron chi connectivity index (χ1n) is 9.89. The van der Waals surface area contributed by atoms with E-state index in [4.69, 9.17) is 4.74 Å². The molecule has 3 rings (SSSR count). The fraction of sp³-hybridized carbons (Fsp3) is 0.348. The SMILES string of the molecule is CC(=O)Nc1ccc(NC(=O)[C@H](C)OC(=O)Cc2ccc3c(c2)CCCC3)cc1. The van der Waals surface area contributed by atoms with Crippen LogP contribution in [-0.4, -0.2) is 23.9 Å². The van der Waals surface area contributed by atoms with Gasteiger partial charge in [-0.1, -0.05) is 18.2 Å². The van der Waals surface area contributed by atoms with Crippen molar-refractivity contribution in [3.8, 4) is 0 Å². The smallest absolute Gasteiger partial charge is 0.311 e. The van der Waals surface area contributed by atoms with Crippen LogP contribution in [0.5, 0.6) is 0 Å². The summed E-state index contributed by atoms with van der Waals surface area (Å²) in [5, 5.41) is 5.36. The van der Waals surface area contributed by atoms with Crippen molar-refractivity contribution in [3.05, 3.63) is 59.2 Å². The number of nitrogens with one attached hydrogen (secondary N) is 2. The topological polar surface area (TPSA) is 84.5 Å². The van der Waals surface area contributed by atoms with Crippen molar-refractivity contribution in [3.63, 3.8) is 0 Å². The zero-order valence-corrected chi connectivity index (χ0v) is 16.8. The third-order valence-corrected chi connectivity index (χ3v) is 4.91. The molecule has 0 bridgehead atoms. The Morgan fingerprint density at radius 1 is 0.931 bits per heavy atom. The second-order valence-corrected chi connectivity index (χ2v) is 7.37. The van der Waals surface area contributed by atoms with E-state index in [1.807, 2.05) is 6.07 Å². The molecule has 0 radical (unpaired) electrons. The van der Waals surface area contributed by atoms with Gasteiger partial charge in [-0.15, -0.1) is 0 Å². The first-order valence-corrected chi connectivity index (χ1v) is 9.89. The summed E-state index contributed by atoms with van der Waals surface area (Å²) < 4.78 is 5.30. The zero-order chi connectivity index (χ0) is 20.8. The Morgan fingerprint density at radius 2 is 1.55 bits per heavy atom. The van der Waals surface area contributed by atoms with Gasteiger partial charge in [0.15, 0.2) is 6.10 Å². The molecular formula is C23H26N2O4. The summed E-state index contributed by atoms with van der Waals surface area (Å²) in [5.74, 6) is -0.998. The van der Waals surface area contributed by atoms with Gasteiger partial charge >= 0.3 is 5.97 Å². The molecular weight excluding hydrogens is 368 g/mol. The minimum absolute atomic E-state index is 0.149. The highest BCUT2D eigenvalue weighted by Crippen LogP contribution is 2.22. The van der Waals surface area contributed by atoms with Gasteiger partial charge in [0.05, 0.1) is 6.42 Å². The Labute approximate surface area is 170 Å². The summed E-state index contributed by atoms with van der Waals surface area (Å²) in [5.41, 5.74) is 4.79. The third-order valence-electron chi connectivity index (χ3n) is 4.91. The van der Waals surface area contributed by atoms with E-state index in [1.54, 1.807) is 31.2 Å². The minimum Gasteiger partial charge on any atom is -0.452 e. The molecule has 6 nitrogen and oxygen atoms in total. The predicted octanol–water partition coefficient (Wildman–Crippen LogP) is 3.64. The molecule has 0 spiro atoms. The number of anilines is 2. The molecule has 2 aromatic rings. The Hall–Kier alpha value is -3.15. The molecule has 152 valence electrons. The van der Waals surface area contributed by atoms with Crippen LogP contribution in [0.25, 0.3) is 0 Å². The van der Waals surface area contributed by atoms with Crippen LogP contribution < -0.4 is 10.6 Å². The molecule has 0 unspecified atom stereocenters. The highest BCUT2D eigenvalue weighted by Gasteiger charge is 2.19. The summed E-state index contributed by atoms with van der Waals surface area (Å²) in [4.78, 5) is 35.6. The summed E-state index contributed by atoms with van der Waals surface area (Å²) in [6, 6.07) is 12.9. The summed E-state index contributed by atoms with van der Waals surface area (Å²) in [6.07, 6.45) is 3.80. The van der Waals surface area contributed by atoms with Gasteiger partial charge in [-0.05, 0) is 73.6 Å². The van der Waals surface area contributed by atoms with Crippen molar-refractivity contribution in [1.29, 1.82) is 0 Å². The van der Waals surface area contributed by atoms with E-state index in [1.165, 1.54) is 30.9 Å². The highest BCUT2D eigenvalue weighted by molar-refractivity contribution is 5.95. The summed E-state index contributed by atoms with van der Waals surface area (Å²) in [7, 11) is 0. The number of rotatable bonds is 6. The van der Waals surface area contributed by atoms with Crippen LogP contribution in [0, 0.1) is 0 Å². The number of fused-ring (bicyclic) bond motifs is 1. The molecule has 1 aliphatic rings. The van der Waals surface area contributed by atoms with Crippen molar-refractivity contribution in [1.82, 2.24) is 0 Å². The Balaban J connectivity index is 1.51. The molecule has 1 atom stereocenters. The van der Waals surface area contributed by atoms with Crippen molar-refractivity contribution < 1.29 is 19.1 Å². The van der Waals surface area contributed by atoms with Crippen LogP contribution in [0.2, 0.25) is 0 Å². The van der Waals surface area contributed by atoms with Gasteiger partial charge in [0.25, 0.3) is 5.91 Å². The lowest BCUT2D eigenvalue weighted by atomic mass is 9.90. The fourth-order valence-electron chi connectivity index (χ4n) is 3.44. The van der Waals surface area contributed by atoms with Crippen LogP contribution in [0.1, 0.15) is 43.4 Å². The van der Waals surface area contributed by atoms with Crippen LogP contribution in [0.3, 0.4) is 0 Å². The Morgan fingerprint density at radius 3 is 2.21 bits per heavy atom. The molecule has 0 saturated heterocycles. The molecule has 1 aliphatic carbocycles. The van der Waals surface area contributed by atoms with Crippen molar-refractivity contribution in [2.24, 2.45) is 0 Å². The lowest BCUT2D eigenvalue weighted by Gasteiger charge is -2.17. The standard InChI is InChI=1S/C23H26N2O4/c1-15(23(28)25-21-11-9-20(10-12-21)24-16(2)26)29-22(27)14-17-7-8-18-5-3-4-6-19(18)13-17/h7-13,15H,3-6,14H2,1-2H3,(H,24,26)(H,25,28)/t15-/m0/s1. The molecule has 29 heavy (non-hydrogen) atoms. The second-order valence-electron chi connectivity index (χ2n) is 7.37. The third kappa shape index (κ3) is 5.91. The average Bonchev–Trinajstić information content (AvgIpc) is 2.68. The first-order chi connectivity index (χ1) is 13.9. The van der Waals surface area contributed by atoms with Crippen molar-refractivity contribution in [2.45, 2.75) is 52.1 Å². The van der Waals surface area contributed by atoms with Crippen molar-refractivity contribution in [2.75, 3.05) is 10.6 Å². The van der Waals surface area contributed by atoms with E-state index in [0.29, 0.717) is 11.4 Å².